The molecule has 0 spiro atoms. The van der Waals surface area contributed by atoms with Crippen molar-refractivity contribution in [2.45, 2.75) is 33.6 Å². The average molecular weight is 239 g/mol. The Morgan fingerprint density at radius 3 is 2.47 bits per heavy atom. The van der Waals surface area contributed by atoms with E-state index in [1.54, 1.807) is 12.1 Å². The van der Waals surface area contributed by atoms with Gasteiger partial charge in [-0.1, -0.05) is 26.8 Å². The summed E-state index contributed by atoms with van der Waals surface area (Å²) in [6, 6.07) is 4.70. The van der Waals surface area contributed by atoms with Crippen molar-refractivity contribution in [3.63, 3.8) is 0 Å². The molecular weight excluding hydrogens is 218 g/mol. The Morgan fingerprint density at radius 1 is 1.29 bits per heavy atom. The Labute approximate surface area is 102 Å². The van der Waals surface area contributed by atoms with Gasteiger partial charge in [-0.3, -0.25) is 5.32 Å². The molecule has 1 aromatic carbocycles. The van der Waals surface area contributed by atoms with E-state index in [1.165, 1.54) is 6.07 Å². The van der Waals surface area contributed by atoms with Gasteiger partial charge < -0.3 is 15.3 Å². The Morgan fingerprint density at radius 2 is 1.94 bits per heavy atom. The van der Waals surface area contributed by atoms with Gasteiger partial charge in [0.15, 0.2) is 0 Å². The van der Waals surface area contributed by atoms with E-state index in [1.807, 2.05) is 0 Å². The minimum absolute atomic E-state index is 0.0410. The van der Waals surface area contributed by atoms with Crippen LogP contribution < -0.4 is 5.32 Å². The second-order valence-electron chi connectivity index (χ2n) is 5.39. The second-order valence-corrected chi connectivity index (χ2v) is 5.39. The molecule has 0 aromatic heterocycles. The fourth-order valence-corrected chi connectivity index (χ4v) is 1.42. The van der Waals surface area contributed by atoms with Gasteiger partial charge in [-0.25, -0.2) is 0 Å². The van der Waals surface area contributed by atoms with Gasteiger partial charge in [-0.15, -0.1) is 0 Å². The Hall–Kier alpha value is -1.10. The molecule has 4 heteroatoms. The van der Waals surface area contributed by atoms with E-state index in [9.17, 15) is 10.2 Å². The number of aliphatic hydroxyl groups is 2. The molecule has 0 fully saturated rings. The highest BCUT2D eigenvalue weighted by atomic mass is 16.3. The van der Waals surface area contributed by atoms with Gasteiger partial charge in [0, 0.05) is 12.1 Å². The molecule has 0 aliphatic heterocycles. The van der Waals surface area contributed by atoms with Crippen LogP contribution in [-0.2, 0) is 6.61 Å². The number of phenols is 1. The van der Waals surface area contributed by atoms with Gasteiger partial charge in [0.05, 0.1) is 6.61 Å². The summed E-state index contributed by atoms with van der Waals surface area (Å²) in [7, 11) is 0. The summed E-state index contributed by atoms with van der Waals surface area (Å²) < 4.78 is 0. The lowest BCUT2D eigenvalue weighted by atomic mass is 9.96. The first-order valence-electron chi connectivity index (χ1n) is 5.67. The molecule has 0 aliphatic carbocycles. The number of benzene rings is 1. The van der Waals surface area contributed by atoms with Crippen LogP contribution in [0.25, 0.3) is 0 Å². The van der Waals surface area contributed by atoms with Crippen molar-refractivity contribution in [1.29, 1.82) is 0 Å². The lowest BCUT2D eigenvalue weighted by Crippen LogP contribution is -2.30. The minimum atomic E-state index is -0.792. The SMILES string of the molecule is CC(C)(C)CNC(O)c1ccc(O)c(CO)c1. The molecule has 4 nitrogen and oxygen atoms in total. The van der Waals surface area contributed by atoms with Crippen LogP contribution in [0.4, 0.5) is 0 Å². The third kappa shape index (κ3) is 4.34. The Bertz CT molecular complexity index is 371. The van der Waals surface area contributed by atoms with Crippen molar-refractivity contribution >= 4 is 0 Å². The Kier molecular flexibility index (Phi) is 4.51. The zero-order chi connectivity index (χ0) is 13.1. The molecule has 0 saturated heterocycles. The molecule has 1 aromatic rings. The molecule has 4 N–H and O–H groups in total. The molecule has 0 bridgehead atoms. The third-order valence-corrected chi connectivity index (χ3v) is 2.42. The van der Waals surface area contributed by atoms with Crippen LogP contribution in [0.15, 0.2) is 18.2 Å². The molecule has 17 heavy (non-hydrogen) atoms. The average Bonchev–Trinajstić information content (AvgIpc) is 2.25. The van der Waals surface area contributed by atoms with Gasteiger partial charge in [-0.05, 0) is 23.1 Å². The number of aliphatic hydroxyl groups excluding tert-OH is 2. The van der Waals surface area contributed by atoms with Crippen LogP contribution in [0, 0.1) is 5.41 Å². The van der Waals surface area contributed by atoms with E-state index in [2.05, 4.69) is 26.1 Å². The van der Waals surface area contributed by atoms with Gasteiger partial charge in [0.1, 0.15) is 12.0 Å². The van der Waals surface area contributed by atoms with Crippen molar-refractivity contribution in [3.8, 4) is 5.75 Å². The molecule has 0 radical (unpaired) electrons. The minimum Gasteiger partial charge on any atom is -0.508 e. The third-order valence-electron chi connectivity index (χ3n) is 2.42. The van der Waals surface area contributed by atoms with E-state index in [0.29, 0.717) is 17.7 Å². The van der Waals surface area contributed by atoms with Crippen molar-refractivity contribution in [2.75, 3.05) is 6.54 Å². The number of nitrogens with one attached hydrogen (secondary N) is 1. The van der Waals surface area contributed by atoms with E-state index in [-0.39, 0.29) is 17.8 Å². The zero-order valence-electron chi connectivity index (χ0n) is 10.6. The van der Waals surface area contributed by atoms with Crippen LogP contribution in [0.3, 0.4) is 0 Å². The highest BCUT2D eigenvalue weighted by molar-refractivity contribution is 5.36. The normalized spacial score (nSPS) is 13.7. The predicted molar refractivity (Wildman–Crippen MR) is 66.4 cm³/mol. The molecule has 0 heterocycles. The number of aromatic hydroxyl groups is 1. The number of hydrogen-bond acceptors (Lipinski definition) is 4. The number of hydrogen-bond donors (Lipinski definition) is 4. The largest absolute Gasteiger partial charge is 0.508 e. The molecule has 0 aliphatic rings. The lowest BCUT2D eigenvalue weighted by molar-refractivity contribution is 0.124. The van der Waals surface area contributed by atoms with Crippen LogP contribution in [0.1, 0.15) is 38.1 Å². The highest BCUT2D eigenvalue weighted by Crippen LogP contribution is 2.22. The summed E-state index contributed by atoms with van der Waals surface area (Å²) in [5.41, 5.74) is 1.13. The summed E-state index contributed by atoms with van der Waals surface area (Å²) in [6.45, 7) is 6.64. The molecule has 1 unspecified atom stereocenters. The maximum absolute atomic E-state index is 9.92. The first-order valence-corrected chi connectivity index (χ1v) is 5.67. The summed E-state index contributed by atoms with van der Waals surface area (Å²) in [4.78, 5) is 0. The fraction of sp³-hybridized carbons (Fsp3) is 0.538. The quantitative estimate of drug-likeness (QED) is 0.601. The molecule has 96 valence electrons. The van der Waals surface area contributed by atoms with Crippen LogP contribution in [0.2, 0.25) is 0 Å². The molecule has 0 amide bonds. The zero-order valence-corrected chi connectivity index (χ0v) is 10.6. The van der Waals surface area contributed by atoms with E-state index in [0.717, 1.165) is 0 Å². The summed E-state index contributed by atoms with van der Waals surface area (Å²) in [5.74, 6) is 0.0410. The topological polar surface area (TPSA) is 72.7 Å². The maximum atomic E-state index is 9.92. The standard InChI is InChI=1S/C13H21NO3/c1-13(2,3)8-14-12(17)9-4-5-11(16)10(6-9)7-15/h4-6,12,14-17H,7-8H2,1-3H3. The van der Waals surface area contributed by atoms with Crippen molar-refractivity contribution in [1.82, 2.24) is 5.32 Å². The van der Waals surface area contributed by atoms with E-state index >= 15 is 0 Å². The van der Waals surface area contributed by atoms with Gasteiger partial charge in [0.25, 0.3) is 0 Å². The maximum Gasteiger partial charge on any atom is 0.131 e. The summed E-state index contributed by atoms with van der Waals surface area (Å²) in [6.07, 6.45) is -0.792. The van der Waals surface area contributed by atoms with Crippen LogP contribution >= 0.6 is 0 Å². The summed E-state index contributed by atoms with van der Waals surface area (Å²) >= 11 is 0. The molecule has 1 rings (SSSR count). The lowest BCUT2D eigenvalue weighted by Gasteiger charge is -2.22. The fourth-order valence-electron chi connectivity index (χ4n) is 1.42. The summed E-state index contributed by atoms with van der Waals surface area (Å²) in [5, 5.41) is 31.4. The smallest absolute Gasteiger partial charge is 0.131 e. The van der Waals surface area contributed by atoms with E-state index < -0.39 is 6.23 Å². The van der Waals surface area contributed by atoms with Crippen molar-refractivity contribution in [3.05, 3.63) is 29.3 Å². The van der Waals surface area contributed by atoms with Gasteiger partial charge >= 0.3 is 0 Å². The second kappa shape index (κ2) is 5.49. The molecule has 0 saturated carbocycles. The predicted octanol–water partition coefficient (Wildman–Crippen LogP) is 1.51. The van der Waals surface area contributed by atoms with E-state index in [4.69, 9.17) is 5.11 Å². The monoisotopic (exact) mass is 239 g/mol. The van der Waals surface area contributed by atoms with Gasteiger partial charge in [0.2, 0.25) is 0 Å². The highest BCUT2D eigenvalue weighted by Gasteiger charge is 2.14. The van der Waals surface area contributed by atoms with Crippen molar-refractivity contribution in [2.24, 2.45) is 5.41 Å². The van der Waals surface area contributed by atoms with Gasteiger partial charge in [-0.2, -0.15) is 0 Å². The first kappa shape index (κ1) is 14.0. The number of rotatable bonds is 4. The van der Waals surface area contributed by atoms with Crippen LogP contribution in [-0.4, -0.2) is 21.9 Å². The van der Waals surface area contributed by atoms with Crippen LogP contribution in [0.5, 0.6) is 5.75 Å². The van der Waals surface area contributed by atoms with Crippen molar-refractivity contribution < 1.29 is 15.3 Å². The first-order chi connectivity index (χ1) is 7.83. The Balaban J connectivity index is 2.72. The molecular formula is C13H21NO3. The molecule has 1 atom stereocenters.